The van der Waals surface area contributed by atoms with Gasteiger partial charge in [-0.25, -0.2) is 14.6 Å². The average Bonchev–Trinajstić information content (AvgIpc) is 3.07. The minimum atomic E-state index is -3.68. The first kappa shape index (κ1) is 13.6. The summed E-state index contributed by atoms with van der Waals surface area (Å²) in [5, 5.41) is 5.02. The number of pyridine rings is 1. The summed E-state index contributed by atoms with van der Waals surface area (Å²) in [4.78, 5) is 10.5. The minimum absolute atomic E-state index is 0.000438. The molecule has 0 aliphatic carbocycles. The molecule has 0 fully saturated rings. The van der Waals surface area contributed by atoms with Crippen LogP contribution < -0.4 is 4.72 Å². The molecule has 0 saturated carbocycles. The minimum Gasteiger partial charge on any atom is -0.334 e. The van der Waals surface area contributed by atoms with Crippen molar-refractivity contribution in [2.24, 2.45) is 0 Å². The normalized spacial score (nSPS) is 12.1. The molecule has 0 atom stereocenters. The predicted octanol–water partition coefficient (Wildman–Crippen LogP) is 1.54. The van der Waals surface area contributed by atoms with E-state index in [0.717, 1.165) is 11.0 Å². The highest BCUT2D eigenvalue weighted by molar-refractivity contribution is 7.92. The highest BCUT2D eigenvalue weighted by atomic mass is 32.2. The largest absolute Gasteiger partial charge is 0.334 e. The molecule has 3 aromatic rings. The van der Waals surface area contributed by atoms with Crippen molar-refractivity contribution in [2.45, 2.75) is 24.9 Å². The smallest absolute Gasteiger partial charge is 0.279 e. The van der Waals surface area contributed by atoms with Crippen molar-refractivity contribution in [1.29, 1.82) is 0 Å². The molecule has 0 spiro atoms. The summed E-state index contributed by atoms with van der Waals surface area (Å²) >= 11 is 0. The van der Waals surface area contributed by atoms with E-state index >= 15 is 0 Å². The summed E-state index contributed by atoms with van der Waals surface area (Å²) < 4.78 is 28.4. The quantitative estimate of drug-likeness (QED) is 0.760. The predicted molar refractivity (Wildman–Crippen MR) is 77.3 cm³/mol. The third-order valence-corrected chi connectivity index (χ3v) is 4.24. The second kappa shape index (κ2) is 4.85. The van der Waals surface area contributed by atoms with Gasteiger partial charge in [-0.1, -0.05) is 0 Å². The van der Waals surface area contributed by atoms with Crippen molar-refractivity contribution in [2.75, 3.05) is 4.72 Å². The first-order chi connectivity index (χ1) is 9.97. The Balaban J connectivity index is 1.96. The Bertz CT molecular complexity index is 866. The molecule has 0 radical (unpaired) electrons. The monoisotopic (exact) mass is 306 g/mol. The molecule has 3 aromatic heterocycles. The summed E-state index contributed by atoms with van der Waals surface area (Å²) in [6, 6.07) is 1.88. The molecule has 3 rings (SSSR count). The standard InChI is InChI=1S/C12H14N6O2S/c1-8(2)18-12-9(4-16-18)3-10(5-14-12)17-21(19,20)11-6-13-7-15-11/h3-8,17H,1-2H3,(H,13,15). The third kappa shape index (κ3) is 2.47. The van der Waals surface area contributed by atoms with Gasteiger partial charge < -0.3 is 4.98 Å². The lowest BCUT2D eigenvalue weighted by Crippen LogP contribution is -2.13. The first-order valence-corrected chi connectivity index (χ1v) is 7.80. The fourth-order valence-electron chi connectivity index (χ4n) is 1.97. The molecule has 0 aliphatic rings. The number of anilines is 1. The highest BCUT2D eigenvalue weighted by Gasteiger charge is 2.16. The molecule has 8 nitrogen and oxygen atoms in total. The third-order valence-electron chi connectivity index (χ3n) is 2.94. The molecule has 21 heavy (non-hydrogen) atoms. The zero-order valence-electron chi connectivity index (χ0n) is 11.5. The van der Waals surface area contributed by atoms with Crippen molar-refractivity contribution in [1.82, 2.24) is 24.7 Å². The van der Waals surface area contributed by atoms with Gasteiger partial charge in [-0.05, 0) is 19.9 Å². The summed E-state index contributed by atoms with van der Waals surface area (Å²) in [7, 11) is -3.68. The topological polar surface area (TPSA) is 106 Å². The van der Waals surface area contributed by atoms with E-state index in [-0.39, 0.29) is 11.1 Å². The van der Waals surface area contributed by atoms with E-state index in [4.69, 9.17) is 0 Å². The number of hydrogen-bond acceptors (Lipinski definition) is 5. The molecule has 3 heterocycles. The zero-order valence-corrected chi connectivity index (χ0v) is 12.3. The Morgan fingerprint density at radius 2 is 2.10 bits per heavy atom. The van der Waals surface area contributed by atoms with Crippen LogP contribution in [0, 0.1) is 0 Å². The number of nitrogens with zero attached hydrogens (tertiary/aromatic N) is 4. The molecular weight excluding hydrogens is 292 g/mol. The summed E-state index contributed by atoms with van der Waals surface area (Å²) in [5.74, 6) is 0. The van der Waals surface area contributed by atoms with E-state index in [9.17, 15) is 8.42 Å². The van der Waals surface area contributed by atoms with Gasteiger partial charge in [-0.2, -0.15) is 13.5 Å². The number of nitrogens with one attached hydrogen (secondary N) is 2. The summed E-state index contributed by atoms with van der Waals surface area (Å²) in [6.07, 6.45) is 5.68. The van der Waals surface area contributed by atoms with Crippen LogP contribution in [0.2, 0.25) is 0 Å². The second-order valence-corrected chi connectivity index (χ2v) is 6.49. The van der Waals surface area contributed by atoms with Crippen LogP contribution in [0.4, 0.5) is 5.69 Å². The van der Waals surface area contributed by atoms with Crippen LogP contribution in [-0.2, 0) is 10.0 Å². The lowest BCUT2D eigenvalue weighted by atomic mass is 10.3. The highest BCUT2D eigenvalue weighted by Crippen LogP contribution is 2.20. The Hall–Kier alpha value is -2.42. The van der Waals surface area contributed by atoms with Gasteiger partial charge in [0.05, 0.1) is 30.6 Å². The first-order valence-electron chi connectivity index (χ1n) is 6.32. The van der Waals surface area contributed by atoms with Crippen molar-refractivity contribution in [3.8, 4) is 0 Å². The number of aromatic amines is 1. The van der Waals surface area contributed by atoms with Gasteiger partial charge in [-0.15, -0.1) is 0 Å². The maximum absolute atomic E-state index is 12.1. The number of imidazole rings is 1. The van der Waals surface area contributed by atoms with Crippen LogP contribution in [0.5, 0.6) is 0 Å². The van der Waals surface area contributed by atoms with Gasteiger partial charge in [0.15, 0.2) is 10.7 Å². The van der Waals surface area contributed by atoms with Crippen LogP contribution in [-0.4, -0.2) is 33.2 Å². The SMILES string of the molecule is CC(C)n1ncc2cc(NS(=O)(=O)c3cnc[nH]3)cnc21. The maximum atomic E-state index is 12.1. The Morgan fingerprint density at radius 3 is 2.76 bits per heavy atom. The van der Waals surface area contributed by atoms with Gasteiger partial charge in [0.25, 0.3) is 10.0 Å². The van der Waals surface area contributed by atoms with Gasteiger partial charge >= 0.3 is 0 Å². The van der Waals surface area contributed by atoms with Crippen molar-refractivity contribution in [3.05, 3.63) is 31.0 Å². The number of H-pyrrole nitrogens is 1. The van der Waals surface area contributed by atoms with Crippen LogP contribution in [0.15, 0.2) is 36.0 Å². The molecule has 9 heteroatoms. The summed E-state index contributed by atoms with van der Waals surface area (Å²) in [5.41, 5.74) is 1.09. The summed E-state index contributed by atoms with van der Waals surface area (Å²) in [6.45, 7) is 4.01. The number of hydrogen-bond donors (Lipinski definition) is 2. The van der Waals surface area contributed by atoms with Crippen LogP contribution in [0.3, 0.4) is 0 Å². The Labute approximate surface area is 121 Å². The lowest BCUT2D eigenvalue weighted by Gasteiger charge is -2.08. The van der Waals surface area contributed by atoms with Crippen LogP contribution >= 0.6 is 0 Å². The van der Waals surface area contributed by atoms with Gasteiger partial charge in [-0.3, -0.25) is 4.72 Å². The zero-order chi connectivity index (χ0) is 15.0. The maximum Gasteiger partial charge on any atom is 0.279 e. The van der Waals surface area contributed by atoms with E-state index < -0.39 is 10.0 Å². The van der Waals surface area contributed by atoms with Crippen molar-refractivity contribution in [3.63, 3.8) is 0 Å². The lowest BCUT2D eigenvalue weighted by molar-refractivity contribution is 0.546. The van der Waals surface area contributed by atoms with Crippen LogP contribution in [0.25, 0.3) is 11.0 Å². The molecule has 0 amide bonds. The molecule has 0 aromatic carbocycles. The van der Waals surface area contributed by atoms with E-state index in [0.29, 0.717) is 5.69 Å². The van der Waals surface area contributed by atoms with E-state index in [1.165, 1.54) is 18.7 Å². The number of sulfonamides is 1. The molecule has 0 unspecified atom stereocenters. The van der Waals surface area contributed by atoms with Gasteiger partial charge in [0.1, 0.15) is 0 Å². The van der Waals surface area contributed by atoms with Crippen molar-refractivity contribution >= 4 is 26.7 Å². The molecule has 0 saturated heterocycles. The van der Waals surface area contributed by atoms with Gasteiger partial charge in [0.2, 0.25) is 0 Å². The second-order valence-electron chi connectivity index (χ2n) is 4.84. The molecule has 0 aliphatic heterocycles. The fourth-order valence-corrected chi connectivity index (χ4v) is 2.91. The number of fused-ring (bicyclic) bond motifs is 1. The molecule has 0 bridgehead atoms. The number of rotatable bonds is 4. The number of aromatic nitrogens is 5. The fraction of sp³-hybridized carbons (Fsp3) is 0.250. The Morgan fingerprint density at radius 1 is 1.29 bits per heavy atom. The van der Waals surface area contributed by atoms with Crippen LogP contribution in [0.1, 0.15) is 19.9 Å². The van der Waals surface area contributed by atoms with Gasteiger partial charge in [0, 0.05) is 11.4 Å². The van der Waals surface area contributed by atoms with E-state index in [1.54, 1.807) is 16.9 Å². The van der Waals surface area contributed by atoms with E-state index in [1.807, 2.05) is 13.8 Å². The Kier molecular flexibility index (Phi) is 3.13. The molecule has 2 N–H and O–H groups in total. The molecule has 110 valence electrons. The van der Waals surface area contributed by atoms with Crippen molar-refractivity contribution < 1.29 is 8.42 Å². The van der Waals surface area contributed by atoms with E-state index in [2.05, 4.69) is 24.8 Å². The average molecular weight is 306 g/mol. The molecular formula is C12H14N6O2S.